The Kier molecular flexibility index (Phi) is 4.52. The first-order chi connectivity index (χ1) is 11.5. The third kappa shape index (κ3) is 3.41. The Hall–Kier alpha value is -2.80. The molecule has 0 saturated carbocycles. The van der Waals surface area contributed by atoms with Gasteiger partial charge in [-0.25, -0.2) is 4.39 Å². The number of halogens is 1. The van der Waals surface area contributed by atoms with Gasteiger partial charge in [-0.2, -0.15) is 0 Å². The van der Waals surface area contributed by atoms with E-state index < -0.39 is 17.9 Å². The van der Waals surface area contributed by atoms with E-state index in [-0.39, 0.29) is 36.7 Å². The molecule has 0 saturated heterocycles. The highest BCUT2D eigenvalue weighted by atomic mass is 19.1. The molecule has 3 rings (SSSR count). The number of ether oxygens (including phenoxy) is 2. The fraction of sp³-hybridized carbons (Fsp3) is 0.235. The van der Waals surface area contributed by atoms with Gasteiger partial charge in [-0.15, -0.1) is 0 Å². The molecule has 124 valence electrons. The lowest BCUT2D eigenvalue weighted by Crippen LogP contribution is -2.28. The van der Waals surface area contributed by atoms with Crippen LogP contribution in [-0.2, 0) is 0 Å². The molecule has 1 aromatic heterocycles. The molecule has 2 aromatic rings. The van der Waals surface area contributed by atoms with Gasteiger partial charge in [0.1, 0.15) is 5.69 Å². The van der Waals surface area contributed by atoms with Gasteiger partial charge >= 0.3 is 0 Å². The highest BCUT2D eigenvalue weighted by Gasteiger charge is 2.21. The number of aliphatic hydroxyl groups is 1. The van der Waals surface area contributed by atoms with Gasteiger partial charge in [0.2, 0.25) is 6.29 Å². The van der Waals surface area contributed by atoms with E-state index in [1.807, 2.05) is 0 Å². The first-order valence-corrected chi connectivity index (χ1v) is 7.33. The summed E-state index contributed by atoms with van der Waals surface area (Å²) in [6.07, 6.45) is 0.00192. The summed E-state index contributed by atoms with van der Waals surface area (Å²) in [6, 6.07) is 7.10. The van der Waals surface area contributed by atoms with Crippen molar-refractivity contribution in [2.45, 2.75) is 19.1 Å². The van der Waals surface area contributed by atoms with Crippen molar-refractivity contribution in [3.05, 3.63) is 53.6 Å². The molecule has 0 fully saturated rings. The number of fused-ring (bicyclic) bond motifs is 1. The highest BCUT2D eigenvalue weighted by Crippen LogP contribution is 2.32. The third-order valence-electron chi connectivity index (χ3n) is 3.51. The second kappa shape index (κ2) is 6.76. The summed E-state index contributed by atoms with van der Waals surface area (Å²) in [7, 11) is 0. The summed E-state index contributed by atoms with van der Waals surface area (Å²) in [5.74, 6) is -0.839. The van der Waals surface area contributed by atoms with Crippen molar-refractivity contribution in [3.63, 3.8) is 0 Å². The standard InChI is InChI=1S/C17H14FNO5/c18-11-2-1-7-19-17(11)13(21)5-4-12(20)10-3-6-14-15(8-10)24-16(22)9-23-14/h1-3,6-8,16,22H,4-5,9H2. The lowest BCUT2D eigenvalue weighted by Gasteiger charge is -2.23. The summed E-state index contributed by atoms with van der Waals surface area (Å²) in [4.78, 5) is 27.8. The molecule has 24 heavy (non-hydrogen) atoms. The van der Waals surface area contributed by atoms with Gasteiger partial charge in [0.15, 0.2) is 35.5 Å². The zero-order valence-corrected chi connectivity index (χ0v) is 12.6. The van der Waals surface area contributed by atoms with Crippen molar-refractivity contribution in [1.29, 1.82) is 0 Å². The molecule has 7 heteroatoms. The highest BCUT2D eigenvalue weighted by molar-refractivity contribution is 6.01. The maximum Gasteiger partial charge on any atom is 0.232 e. The maximum absolute atomic E-state index is 13.5. The van der Waals surface area contributed by atoms with Crippen LogP contribution in [0.5, 0.6) is 11.5 Å². The molecular formula is C17H14FNO5. The molecule has 1 aliphatic heterocycles. The number of aromatic nitrogens is 1. The molecule has 1 atom stereocenters. The van der Waals surface area contributed by atoms with Gasteiger partial charge < -0.3 is 14.6 Å². The van der Waals surface area contributed by atoms with Gasteiger partial charge in [0, 0.05) is 24.6 Å². The van der Waals surface area contributed by atoms with Crippen LogP contribution in [0.15, 0.2) is 36.5 Å². The monoisotopic (exact) mass is 331 g/mol. The van der Waals surface area contributed by atoms with Crippen LogP contribution in [-0.4, -0.2) is 34.6 Å². The number of hydrogen-bond donors (Lipinski definition) is 1. The number of aliphatic hydroxyl groups excluding tert-OH is 1. The Bertz CT molecular complexity index is 792. The van der Waals surface area contributed by atoms with Gasteiger partial charge in [0.25, 0.3) is 0 Å². The van der Waals surface area contributed by atoms with Crippen molar-refractivity contribution in [2.24, 2.45) is 0 Å². The van der Waals surface area contributed by atoms with Crippen molar-refractivity contribution in [1.82, 2.24) is 4.98 Å². The zero-order chi connectivity index (χ0) is 17.1. The number of carbonyl (C=O) groups excluding carboxylic acids is 2. The van der Waals surface area contributed by atoms with E-state index in [0.29, 0.717) is 11.3 Å². The molecule has 1 unspecified atom stereocenters. The lowest BCUT2D eigenvalue weighted by atomic mass is 10.0. The van der Waals surface area contributed by atoms with E-state index in [2.05, 4.69) is 4.98 Å². The average Bonchev–Trinajstić information content (AvgIpc) is 2.59. The summed E-state index contributed by atoms with van der Waals surface area (Å²) >= 11 is 0. The number of benzene rings is 1. The van der Waals surface area contributed by atoms with Gasteiger partial charge in [0.05, 0.1) is 0 Å². The quantitative estimate of drug-likeness (QED) is 0.845. The van der Waals surface area contributed by atoms with Crippen LogP contribution >= 0.6 is 0 Å². The van der Waals surface area contributed by atoms with Crippen molar-refractivity contribution < 1.29 is 28.6 Å². The summed E-state index contributed by atoms with van der Waals surface area (Å²) in [5.41, 5.74) is 0.0522. The normalized spacial score (nSPS) is 15.8. The molecule has 1 N–H and O–H groups in total. The lowest BCUT2D eigenvalue weighted by molar-refractivity contribution is -0.0670. The van der Waals surface area contributed by atoms with E-state index >= 15 is 0 Å². The fourth-order valence-corrected chi connectivity index (χ4v) is 2.32. The van der Waals surface area contributed by atoms with Crippen LogP contribution in [0.1, 0.15) is 33.7 Å². The first kappa shape index (κ1) is 16.1. The Morgan fingerprint density at radius 2 is 2.00 bits per heavy atom. The molecule has 0 radical (unpaired) electrons. The topological polar surface area (TPSA) is 85.7 Å². The van der Waals surface area contributed by atoms with Crippen molar-refractivity contribution >= 4 is 11.6 Å². The van der Waals surface area contributed by atoms with Crippen LogP contribution in [0.3, 0.4) is 0 Å². The minimum atomic E-state index is -1.09. The fourth-order valence-electron chi connectivity index (χ4n) is 2.32. The van der Waals surface area contributed by atoms with E-state index in [0.717, 1.165) is 6.07 Å². The Morgan fingerprint density at radius 1 is 1.21 bits per heavy atom. The number of hydrogen-bond acceptors (Lipinski definition) is 6. The molecule has 2 heterocycles. The van der Waals surface area contributed by atoms with Crippen LogP contribution in [0, 0.1) is 5.82 Å². The number of Topliss-reactive ketones (excluding diaryl/α,β-unsaturated/α-hetero) is 2. The number of pyridine rings is 1. The predicted molar refractivity (Wildman–Crippen MR) is 80.7 cm³/mol. The predicted octanol–water partition coefficient (Wildman–Crippen LogP) is 2.16. The van der Waals surface area contributed by atoms with E-state index in [4.69, 9.17) is 9.47 Å². The zero-order valence-electron chi connectivity index (χ0n) is 12.6. The Labute approximate surface area is 136 Å². The summed E-state index contributed by atoms with van der Waals surface area (Å²) in [5, 5.41) is 9.39. The number of carbonyl (C=O) groups is 2. The van der Waals surface area contributed by atoms with Gasteiger partial charge in [-0.05, 0) is 30.3 Å². The molecular weight excluding hydrogens is 317 g/mol. The molecule has 0 amide bonds. The Balaban J connectivity index is 1.66. The smallest absolute Gasteiger partial charge is 0.232 e. The Morgan fingerprint density at radius 3 is 2.79 bits per heavy atom. The molecule has 0 spiro atoms. The second-order valence-electron chi connectivity index (χ2n) is 5.23. The van der Waals surface area contributed by atoms with E-state index in [9.17, 15) is 19.1 Å². The first-order valence-electron chi connectivity index (χ1n) is 7.33. The summed E-state index contributed by atoms with van der Waals surface area (Å²) < 4.78 is 23.9. The molecule has 0 aliphatic carbocycles. The summed E-state index contributed by atoms with van der Waals surface area (Å²) in [6.45, 7) is 0.0183. The van der Waals surface area contributed by atoms with Crippen molar-refractivity contribution in [2.75, 3.05) is 6.61 Å². The SMILES string of the molecule is O=C(CCC(=O)c1ncccc1F)c1ccc2c(c1)OC(O)CO2. The molecule has 1 aliphatic rings. The second-order valence-corrected chi connectivity index (χ2v) is 5.23. The minimum Gasteiger partial charge on any atom is -0.483 e. The minimum absolute atomic E-state index is 0.0183. The van der Waals surface area contributed by atoms with Crippen LogP contribution in [0.25, 0.3) is 0 Å². The van der Waals surface area contributed by atoms with Gasteiger partial charge in [-0.1, -0.05) is 0 Å². The van der Waals surface area contributed by atoms with Gasteiger partial charge in [-0.3, -0.25) is 14.6 Å². The number of rotatable bonds is 5. The van der Waals surface area contributed by atoms with E-state index in [1.165, 1.54) is 18.3 Å². The number of nitrogens with zero attached hydrogens (tertiary/aromatic N) is 1. The molecule has 6 nitrogen and oxygen atoms in total. The van der Waals surface area contributed by atoms with Crippen molar-refractivity contribution in [3.8, 4) is 11.5 Å². The average molecular weight is 331 g/mol. The van der Waals surface area contributed by atoms with Crippen LogP contribution in [0.4, 0.5) is 4.39 Å². The maximum atomic E-state index is 13.5. The van der Waals surface area contributed by atoms with E-state index in [1.54, 1.807) is 12.1 Å². The van der Waals surface area contributed by atoms with Crippen LogP contribution < -0.4 is 9.47 Å². The third-order valence-corrected chi connectivity index (χ3v) is 3.51. The largest absolute Gasteiger partial charge is 0.483 e. The number of ketones is 2. The molecule has 0 bridgehead atoms. The van der Waals surface area contributed by atoms with Crippen LogP contribution in [0.2, 0.25) is 0 Å². The molecule has 1 aromatic carbocycles.